The Labute approximate surface area is 106 Å². The van der Waals surface area contributed by atoms with Crippen LogP contribution in [0, 0.1) is 0 Å². The van der Waals surface area contributed by atoms with E-state index in [0.717, 1.165) is 11.8 Å². The van der Waals surface area contributed by atoms with E-state index in [9.17, 15) is 18.0 Å². The molecule has 2 aromatic rings. The van der Waals surface area contributed by atoms with Crippen molar-refractivity contribution in [2.45, 2.75) is 12.7 Å². The summed E-state index contributed by atoms with van der Waals surface area (Å²) in [6, 6.07) is 8.89. The lowest BCUT2D eigenvalue weighted by molar-refractivity contribution is -0.141. The Morgan fingerprint density at radius 2 is 1.95 bits per heavy atom. The number of rotatable bonds is 3. The summed E-state index contributed by atoms with van der Waals surface area (Å²) in [5.41, 5.74) is -0.852. The lowest BCUT2D eigenvalue weighted by atomic mass is 10.2. The third kappa shape index (κ3) is 3.12. The number of carbonyl (C=O) groups excluding carboxylic acids is 1. The molecular formula is C12H10F3N3O. The van der Waals surface area contributed by atoms with Crippen molar-refractivity contribution in [3.63, 3.8) is 0 Å². The van der Waals surface area contributed by atoms with Crippen LogP contribution in [0.25, 0.3) is 0 Å². The van der Waals surface area contributed by atoms with Gasteiger partial charge in [-0.25, -0.2) is 0 Å². The minimum absolute atomic E-state index is 0.155. The number of hydrogen-bond donors (Lipinski definition) is 2. The highest BCUT2D eigenvalue weighted by Gasteiger charge is 2.37. The van der Waals surface area contributed by atoms with E-state index in [4.69, 9.17) is 0 Å². The maximum absolute atomic E-state index is 12.6. The second-order valence-corrected chi connectivity index (χ2v) is 3.82. The number of hydrogen-bond acceptors (Lipinski definition) is 2. The van der Waals surface area contributed by atoms with Gasteiger partial charge < -0.3 is 5.32 Å². The number of nitrogens with zero attached hydrogens (tertiary/aromatic N) is 1. The van der Waals surface area contributed by atoms with Crippen molar-refractivity contribution >= 4 is 5.91 Å². The summed E-state index contributed by atoms with van der Waals surface area (Å²) < 4.78 is 37.7. The molecule has 4 nitrogen and oxygen atoms in total. The van der Waals surface area contributed by atoms with Crippen LogP contribution in [0.2, 0.25) is 0 Å². The van der Waals surface area contributed by atoms with Crippen molar-refractivity contribution in [1.29, 1.82) is 0 Å². The van der Waals surface area contributed by atoms with Gasteiger partial charge in [-0.1, -0.05) is 30.3 Å². The molecule has 0 atom stereocenters. The number of nitrogens with one attached hydrogen (secondary N) is 2. The SMILES string of the molecule is O=C(NCc1ccccc1)c1cn[nH]c1C(F)(F)F. The largest absolute Gasteiger partial charge is 0.433 e. The van der Waals surface area contributed by atoms with Crippen LogP contribution in [0.5, 0.6) is 0 Å². The molecule has 2 rings (SSSR count). The van der Waals surface area contributed by atoms with E-state index in [2.05, 4.69) is 10.4 Å². The van der Waals surface area contributed by atoms with Crippen molar-refractivity contribution in [1.82, 2.24) is 15.5 Å². The van der Waals surface area contributed by atoms with E-state index in [1.807, 2.05) is 6.07 Å². The minimum Gasteiger partial charge on any atom is -0.348 e. The molecule has 2 N–H and O–H groups in total. The fourth-order valence-electron chi connectivity index (χ4n) is 1.55. The van der Waals surface area contributed by atoms with Gasteiger partial charge >= 0.3 is 6.18 Å². The van der Waals surface area contributed by atoms with E-state index in [-0.39, 0.29) is 6.54 Å². The zero-order valence-electron chi connectivity index (χ0n) is 9.66. The smallest absolute Gasteiger partial charge is 0.348 e. The maximum Gasteiger partial charge on any atom is 0.433 e. The fourth-order valence-corrected chi connectivity index (χ4v) is 1.55. The molecule has 0 saturated carbocycles. The van der Waals surface area contributed by atoms with Gasteiger partial charge in [0.2, 0.25) is 0 Å². The Balaban J connectivity index is 2.07. The Hall–Kier alpha value is -2.31. The number of benzene rings is 1. The molecule has 100 valence electrons. The van der Waals surface area contributed by atoms with Gasteiger partial charge in [0.1, 0.15) is 0 Å². The highest BCUT2D eigenvalue weighted by molar-refractivity contribution is 5.95. The summed E-state index contributed by atoms with van der Waals surface area (Å²) in [4.78, 5) is 11.7. The Morgan fingerprint density at radius 3 is 2.58 bits per heavy atom. The average molecular weight is 269 g/mol. The quantitative estimate of drug-likeness (QED) is 0.898. The Morgan fingerprint density at radius 1 is 1.26 bits per heavy atom. The molecule has 1 aromatic carbocycles. The first kappa shape index (κ1) is 13.1. The van der Waals surface area contributed by atoms with Crippen molar-refractivity contribution in [3.8, 4) is 0 Å². The molecule has 7 heteroatoms. The molecule has 1 aromatic heterocycles. The lowest BCUT2D eigenvalue weighted by Crippen LogP contribution is -2.25. The van der Waals surface area contributed by atoms with E-state index in [1.54, 1.807) is 29.4 Å². The number of halogens is 3. The van der Waals surface area contributed by atoms with Crippen LogP contribution in [-0.4, -0.2) is 16.1 Å². The number of aromatic amines is 1. The van der Waals surface area contributed by atoms with Gasteiger partial charge in [0.05, 0.1) is 11.8 Å². The molecule has 0 radical (unpaired) electrons. The average Bonchev–Trinajstić information content (AvgIpc) is 2.86. The summed E-state index contributed by atoms with van der Waals surface area (Å²) in [6.07, 6.45) is -3.76. The van der Waals surface area contributed by atoms with Crippen molar-refractivity contribution < 1.29 is 18.0 Å². The zero-order chi connectivity index (χ0) is 13.9. The third-order valence-electron chi connectivity index (χ3n) is 2.46. The normalized spacial score (nSPS) is 11.3. The number of H-pyrrole nitrogens is 1. The maximum atomic E-state index is 12.6. The van der Waals surface area contributed by atoms with Crippen molar-refractivity contribution in [2.75, 3.05) is 0 Å². The van der Waals surface area contributed by atoms with Crippen LogP contribution >= 0.6 is 0 Å². The van der Waals surface area contributed by atoms with Gasteiger partial charge in [-0.3, -0.25) is 9.89 Å². The van der Waals surface area contributed by atoms with E-state index in [0.29, 0.717) is 0 Å². The minimum atomic E-state index is -4.63. The lowest BCUT2D eigenvalue weighted by Gasteiger charge is -2.07. The van der Waals surface area contributed by atoms with Gasteiger partial charge in [-0.05, 0) is 5.56 Å². The first-order chi connectivity index (χ1) is 8.98. The van der Waals surface area contributed by atoms with Crippen LogP contribution in [0.15, 0.2) is 36.5 Å². The van der Waals surface area contributed by atoms with Crippen molar-refractivity contribution in [2.24, 2.45) is 0 Å². The number of aromatic nitrogens is 2. The highest BCUT2D eigenvalue weighted by atomic mass is 19.4. The number of amides is 1. The van der Waals surface area contributed by atoms with Crippen LogP contribution in [0.1, 0.15) is 21.6 Å². The molecule has 0 aliphatic rings. The fraction of sp³-hybridized carbons (Fsp3) is 0.167. The molecule has 0 fully saturated rings. The zero-order valence-corrected chi connectivity index (χ0v) is 9.66. The molecule has 0 saturated heterocycles. The molecule has 0 spiro atoms. The second-order valence-electron chi connectivity index (χ2n) is 3.82. The van der Waals surface area contributed by atoms with Gasteiger partial charge in [-0.15, -0.1) is 0 Å². The molecule has 0 aliphatic heterocycles. The van der Waals surface area contributed by atoms with Gasteiger partial charge in [0.25, 0.3) is 5.91 Å². The molecule has 1 amide bonds. The van der Waals surface area contributed by atoms with Gasteiger partial charge in [0.15, 0.2) is 5.69 Å². The van der Waals surface area contributed by atoms with Crippen LogP contribution in [0.4, 0.5) is 13.2 Å². The number of alkyl halides is 3. The topological polar surface area (TPSA) is 57.8 Å². The summed E-state index contributed by atoms with van der Waals surface area (Å²) in [5.74, 6) is -0.815. The third-order valence-corrected chi connectivity index (χ3v) is 2.46. The monoisotopic (exact) mass is 269 g/mol. The molecule has 0 aliphatic carbocycles. The summed E-state index contributed by atoms with van der Waals surface area (Å²) in [5, 5.41) is 7.46. The number of carbonyl (C=O) groups is 1. The molecule has 0 bridgehead atoms. The molecule has 19 heavy (non-hydrogen) atoms. The van der Waals surface area contributed by atoms with Crippen LogP contribution in [-0.2, 0) is 12.7 Å². The van der Waals surface area contributed by atoms with Gasteiger partial charge in [-0.2, -0.15) is 18.3 Å². The van der Waals surface area contributed by atoms with Gasteiger partial charge in [0, 0.05) is 6.54 Å². The predicted octanol–water partition coefficient (Wildman–Crippen LogP) is 2.36. The van der Waals surface area contributed by atoms with E-state index < -0.39 is 23.3 Å². The van der Waals surface area contributed by atoms with Crippen LogP contribution < -0.4 is 5.32 Å². The first-order valence-corrected chi connectivity index (χ1v) is 5.41. The van der Waals surface area contributed by atoms with E-state index >= 15 is 0 Å². The standard InChI is InChI=1S/C12H10F3N3O/c13-12(14,15)10-9(7-17-18-10)11(19)16-6-8-4-2-1-3-5-8/h1-5,7H,6H2,(H,16,19)(H,17,18). The van der Waals surface area contributed by atoms with Crippen molar-refractivity contribution in [3.05, 3.63) is 53.3 Å². The summed E-state index contributed by atoms with van der Waals surface area (Å²) in [6.45, 7) is 0.155. The van der Waals surface area contributed by atoms with Crippen LogP contribution in [0.3, 0.4) is 0 Å². The Bertz CT molecular complexity index is 563. The highest BCUT2D eigenvalue weighted by Crippen LogP contribution is 2.29. The molecular weight excluding hydrogens is 259 g/mol. The molecule has 1 heterocycles. The summed E-state index contributed by atoms with van der Waals surface area (Å²) >= 11 is 0. The Kier molecular flexibility index (Phi) is 3.55. The second kappa shape index (κ2) is 5.13. The first-order valence-electron chi connectivity index (χ1n) is 5.41. The summed E-state index contributed by atoms with van der Waals surface area (Å²) in [7, 11) is 0. The van der Waals surface area contributed by atoms with E-state index in [1.165, 1.54) is 0 Å². The molecule has 0 unspecified atom stereocenters. The predicted molar refractivity (Wildman–Crippen MR) is 61.2 cm³/mol.